The van der Waals surface area contributed by atoms with Crippen LogP contribution >= 0.6 is 27.5 Å². The molecule has 0 unspecified atom stereocenters. The Hall–Kier alpha value is -3.89. The van der Waals surface area contributed by atoms with E-state index in [4.69, 9.17) is 21.1 Å². The maximum atomic E-state index is 12.3. The van der Waals surface area contributed by atoms with Gasteiger partial charge in [-0.3, -0.25) is 14.4 Å². The summed E-state index contributed by atoms with van der Waals surface area (Å²) < 4.78 is 11.9. The number of amides is 3. The van der Waals surface area contributed by atoms with E-state index in [-0.39, 0.29) is 12.5 Å². The number of halogens is 2. The van der Waals surface area contributed by atoms with Gasteiger partial charge in [0.1, 0.15) is 11.5 Å². The first-order chi connectivity index (χ1) is 18.2. The molecule has 3 aromatic rings. The van der Waals surface area contributed by atoms with Crippen LogP contribution in [0.25, 0.3) is 0 Å². The number of nitrogens with zero attached hydrogens (tertiary/aromatic N) is 1. The van der Waals surface area contributed by atoms with Crippen molar-refractivity contribution in [1.29, 1.82) is 0 Å². The number of hydrazone groups is 1. The Bertz CT molecular complexity index is 1330. The summed E-state index contributed by atoms with van der Waals surface area (Å²) in [5.41, 5.74) is 4.53. The van der Waals surface area contributed by atoms with Crippen molar-refractivity contribution >= 4 is 62.8 Å². The van der Waals surface area contributed by atoms with Crippen LogP contribution in [0.5, 0.6) is 11.5 Å². The normalized spacial score (nSPS) is 10.6. The van der Waals surface area contributed by atoms with Crippen molar-refractivity contribution in [2.75, 3.05) is 23.8 Å². The van der Waals surface area contributed by atoms with Crippen molar-refractivity contribution in [2.24, 2.45) is 5.10 Å². The van der Waals surface area contributed by atoms with Crippen LogP contribution in [0.15, 0.2) is 70.2 Å². The lowest BCUT2D eigenvalue weighted by molar-refractivity contribution is -0.136. The summed E-state index contributed by atoms with van der Waals surface area (Å²) in [6.07, 6.45) is 2.19. The van der Waals surface area contributed by atoms with Crippen LogP contribution in [0.2, 0.25) is 5.02 Å². The zero-order valence-corrected chi connectivity index (χ0v) is 23.1. The van der Waals surface area contributed by atoms with Gasteiger partial charge in [0.05, 0.1) is 12.8 Å². The summed E-state index contributed by atoms with van der Waals surface area (Å²) in [4.78, 5) is 36.7. The maximum absolute atomic E-state index is 12.3. The minimum atomic E-state index is -0.957. The van der Waals surface area contributed by atoms with Crippen molar-refractivity contribution in [3.8, 4) is 11.5 Å². The Morgan fingerprint density at radius 1 is 0.947 bits per heavy atom. The second-order valence-corrected chi connectivity index (χ2v) is 9.33. The molecule has 0 radical (unpaired) electrons. The lowest BCUT2D eigenvalue weighted by Gasteiger charge is -2.11. The molecule has 0 saturated heterocycles. The van der Waals surface area contributed by atoms with Crippen molar-refractivity contribution in [3.05, 3.63) is 81.3 Å². The second-order valence-electron chi connectivity index (χ2n) is 8.01. The zero-order chi connectivity index (χ0) is 27.5. The molecule has 0 heterocycles. The van der Waals surface area contributed by atoms with E-state index < -0.39 is 11.8 Å². The van der Waals surface area contributed by atoms with Gasteiger partial charge >= 0.3 is 11.8 Å². The SMILES string of the molecule is CCCOc1ccc(NC(=O)C(=O)N/N=C\c2cc(Br)ccc2OCC(=O)Nc2ccc(C)c(Cl)c2)cc1. The minimum absolute atomic E-state index is 0.273. The number of rotatable bonds is 10. The summed E-state index contributed by atoms with van der Waals surface area (Å²) >= 11 is 9.46. The van der Waals surface area contributed by atoms with Gasteiger partial charge in [-0.2, -0.15) is 5.10 Å². The number of ether oxygens (including phenoxy) is 2. The van der Waals surface area contributed by atoms with Crippen molar-refractivity contribution in [3.63, 3.8) is 0 Å². The molecule has 0 aromatic heterocycles. The summed E-state index contributed by atoms with van der Waals surface area (Å²) in [6, 6.07) is 16.9. The number of nitrogens with one attached hydrogen (secondary N) is 3. The fourth-order valence-corrected chi connectivity index (χ4v) is 3.58. The summed E-state index contributed by atoms with van der Waals surface area (Å²) in [7, 11) is 0. The zero-order valence-electron chi connectivity index (χ0n) is 20.7. The molecule has 0 bridgehead atoms. The Morgan fingerprint density at radius 2 is 1.68 bits per heavy atom. The van der Waals surface area contributed by atoms with Gasteiger partial charge in [-0.05, 0) is 73.5 Å². The van der Waals surface area contributed by atoms with E-state index in [0.717, 1.165) is 16.5 Å². The molecule has 9 nitrogen and oxygen atoms in total. The summed E-state index contributed by atoms with van der Waals surface area (Å²) in [5.74, 6) is -1.21. The van der Waals surface area contributed by atoms with Crippen LogP contribution in [0.1, 0.15) is 24.5 Å². The average Bonchev–Trinajstić information content (AvgIpc) is 2.89. The van der Waals surface area contributed by atoms with Crippen LogP contribution in [-0.4, -0.2) is 37.1 Å². The van der Waals surface area contributed by atoms with E-state index in [1.165, 1.54) is 6.21 Å². The molecule has 3 amide bonds. The number of hydrogen-bond donors (Lipinski definition) is 3. The smallest absolute Gasteiger partial charge is 0.329 e. The molecule has 0 aliphatic heterocycles. The van der Waals surface area contributed by atoms with Crippen molar-refractivity contribution in [1.82, 2.24) is 5.43 Å². The van der Waals surface area contributed by atoms with E-state index in [1.807, 2.05) is 13.8 Å². The number of hydrogen-bond acceptors (Lipinski definition) is 6. The highest BCUT2D eigenvalue weighted by Gasteiger charge is 2.13. The molecule has 11 heteroatoms. The third kappa shape index (κ3) is 8.89. The highest BCUT2D eigenvalue weighted by molar-refractivity contribution is 9.10. The molecule has 0 aliphatic carbocycles. The monoisotopic (exact) mass is 600 g/mol. The molecule has 0 fully saturated rings. The number of carbonyl (C=O) groups is 3. The van der Waals surface area contributed by atoms with Crippen LogP contribution in [0.4, 0.5) is 11.4 Å². The van der Waals surface area contributed by atoms with Gasteiger partial charge in [0, 0.05) is 26.4 Å². The number of anilines is 2. The lowest BCUT2D eigenvalue weighted by atomic mass is 10.2. The molecule has 3 rings (SSSR count). The maximum Gasteiger partial charge on any atom is 0.329 e. The van der Waals surface area contributed by atoms with Crippen molar-refractivity contribution in [2.45, 2.75) is 20.3 Å². The van der Waals surface area contributed by atoms with E-state index in [0.29, 0.717) is 40.1 Å². The molecule has 3 aromatic carbocycles. The number of benzene rings is 3. The molecule has 198 valence electrons. The Labute approximate surface area is 233 Å². The molecule has 0 spiro atoms. The van der Waals surface area contributed by atoms with Crippen LogP contribution in [-0.2, 0) is 14.4 Å². The van der Waals surface area contributed by atoms with Crippen molar-refractivity contribution < 1.29 is 23.9 Å². The molecular formula is C27H26BrClN4O5. The quantitative estimate of drug-likeness (QED) is 0.165. The first kappa shape index (κ1) is 28.7. The van der Waals surface area contributed by atoms with E-state index in [9.17, 15) is 14.4 Å². The second kappa shape index (κ2) is 14.2. The Kier molecular flexibility index (Phi) is 10.7. The molecule has 0 saturated carbocycles. The third-order valence-electron chi connectivity index (χ3n) is 4.95. The summed E-state index contributed by atoms with van der Waals surface area (Å²) in [6.45, 7) is 4.19. The molecule has 0 atom stereocenters. The van der Waals surface area contributed by atoms with Crippen LogP contribution in [0.3, 0.4) is 0 Å². The third-order valence-corrected chi connectivity index (χ3v) is 5.85. The fraction of sp³-hybridized carbons (Fsp3) is 0.185. The van der Waals surface area contributed by atoms with Gasteiger partial charge in [-0.1, -0.05) is 40.5 Å². The van der Waals surface area contributed by atoms with Crippen LogP contribution < -0.4 is 25.5 Å². The number of carbonyl (C=O) groups excluding carboxylic acids is 3. The predicted molar refractivity (Wildman–Crippen MR) is 151 cm³/mol. The molecular weight excluding hydrogens is 576 g/mol. The first-order valence-corrected chi connectivity index (χ1v) is 12.8. The van der Waals surface area contributed by atoms with Gasteiger partial charge < -0.3 is 20.1 Å². The van der Waals surface area contributed by atoms with Gasteiger partial charge in [0.25, 0.3) is 5.91 Å². The first-order valence-electron chi connectivity index (χ1n) is 11.6. The lowest BCUT2D eigenvalue weighted by Crippen LogP contribution is -2.32. The molecule has 38 heavy (non-hydrogen) atoms. The summed E-state index contributed by atoms with van der Waals surface area (Å²) in [5, 5.41) is 9.59. The highest BCUT2D eigenvalue weighted by Crippen LogP contribution is 2.23. The van der Waals surface area contributed by atoms with E-state index >= 15 is 0 Å². The molecule has 0 aliphatic rings. The van der Waals surface area contributed by atoms with Gasteiger partial charge in [-0.15, -0.1) is 0 Å². The standard InChI is InChI=1S/C27H26BrClN4O5/c1-3-12-37-22-9-7-20(8-10-22)32-26(35)27(36)33-30-15-18-13-19(28)5-11-24(18)38-16-25(34)31-21-6-4-17(2)23(29)14-21/h4-11,13-15H,3,12,16H2,1-2H3,(H,31,34)(H,32,35)(H,33,36)/b30-15-. The number of aryl methyl sites for hydroxylation is 1. The minimum Gasteiger partial charge on any atom is -0.494 e. The van der Waals surface area contributed by atoms with E-state index in [2.05, 4.69) is 37.1 Å². The fourth-order valence-electron chi connectivity index (χ4n) is 3.02. The largest absolute Gasteiger partial charge is 0.494 e. The molecule has 3 N–H and O–H groups in total. The topological polar surface area (TPSA) is 118 Å². The van der Waals surface area contributed by atoms with Gasteiger partial charge in [0.2, 0.25) is 0 Å². The van der Waals surface area contributed by atoms with E-state index in [1.54, 1.807) is 60.7 Å². The Balaban J connectivity index is 1.54. The Morgan fingerprint density at radius 3 is 2.39 bits per heavy atom. The van der Waals surface area contributed by atoms with Gasteiger partial charge in [0.15, 0.2) is 6.61 Å². The van der Waals surface area contributed by atoms with Crippen LogP contribution in [0, 0.1) is 6.92 Å². The highest BCUT2D eigenvalue weighted by atomic mass is 79.9. The predicted octanol–water partition coefficient (Wildman–Crippen LogP) is 5.31. The average molecular weight is 602 g/mol. The van der Waals surface area contributed by atoms with Gasteiger partial charge in [-0.25, -0.2) is 5.43 Å².